The van der Waals surface area contributed by atoms with Crippen LogP contribution in [0, 0.1) is 5.41 Å². The summed E-state index contributed by atoms with van der Waals surface area (Å²) < 4.78 is 0. The van der Waals surface area contributed by atoms with Crippen molar-refractivity contribution in [1.29, 1.82) is 0 Å². The van der Waals surface area contributed by atoms with Crippen LogP contribution in [0.25, 0.3) is 0 Å². The first-order chi connectivity index (χ1) is 9.11. The van der Waals surface area contributed by atoms with Gasteiger partial charge in [-0.05, 0) is 25.7 Å². The van der Waals surface area contributed by atoms with Gasteiger partial charge in [0.2, 0.25) is 5.82 Å². The summed E-state index contributed by atoms with van der Waals surface area (Å²) in [5.74, 6) is 0.0120. The molecule has 0 saturated heterocycles. The Labute approximate surface area is 109 Å². The van der Waals surface area contributed by atoms with E-state index in [1.807, 2.05) is 0 Å². The zero-order valence-corrected chi connectivity index (χ0v) is 10.5. The van der Waals surface area contributed by atoms with Gasteiger partial charge in [-0.3, -0.25) is 14.7 Å². The lowest BCUT2D eigenvalue weighted by atomic mass is 9.69. The molecule has 0 aliphatic heterocycles. The Morgan fingerprint density at radius 1 is 1.42 bits per heavy atom. The third-order valence-corrected chi connectivity index (χ3v) is 4.02. The zero-order chi connectivity index (χ0) is 13.5. The summed E-state index contributed by atoms with van der Waals surface area (Å²) in [4.78, 5) is 27.2. The van der Waals surface area contributed by atoms with Crippen molar-refractivity contribution >= 4 is 11.9 Å². The minimum Gasteiger partial charge on any atom is -0.481 e. The lowest BCUT2D eigenvalue weighted by molar-refractivity contribution is -0.153. The maximum Gasteiger partial charge on any atom is 0.311 e. The van der Waals surface area contributed by atoms with Crippen molar-refractivity contribution in [2.24, 2.45) is 5.41 Å². The Kier molecular flexibility index (Phi) is 2.76. The molecule has 7 nitrogen and oxygen atoms in total. The fraction of sp³-hybridized carbons (Fsp3) is 0.667. The van der Waals surface area contributed by atoms with Gasteiger partial charge in [0.1, 0.15) is 5.82 Å². The number of aliphatic carboxylic acids is 1. The van der Waals surface area contributed by atoms with Gasteiger partial charge in [-0.15, -0.1) is 5.10 Å². The first-order valence-corrected chi connectivity index (χ1v) is 6.55. The van der Waals surface area contributed by atoms with E-state index in [0.29, 0.717) is 18.8 Å². The van der Waals surface area contributed by atoms with Crippen molar-refractivity contribution in [2.45, 2.75) is 38.0 Å². The first kappa shape index (κ1) is 12.1. The number of hydrogen-bond donors (Lipinski definition) is 3. The van der Waals surface area contributed by atoms with Crippen LogP contribution in [0.2, 0.25) is 0 Å². The number of nitrogens with one attached hydrogen (secondary N) is 2. The number of nitrogens with zero attached hydrogens (tertiary/aromatic N) is 2. The first-order valence-electron chi connectivity index (χ1n) is 6.55. The van der Waals surface area contributed by atoms with Crippen molar-refractivity contribution in [3.8, 4) is 0 Å². The smallest absolute Gasteiger partial charge is 0.311 e. The Morgan fingerprint density at radius 3 is 2.68 bits per heavy atom. The van der Waals surface area contributed by atoms with Crippen LogP contribution in [0.3, 0.4) is 0 Å². The van der Waals surface area contributed by atoms with E-state index in [4.69, 9.17) is 5.11 Å². The Bertz CT molecular complexity index is 517. The molecule has 1 aromatic rings. The number of carboxylic acid groups (broad SMARTS) is 1. The lowest BCUT2D eigenvalue weighted by Gasteiger charge is -2.37. The predicted octanol–water partition coefficient (Wildman–Crippen LogP) is 0.667. The average molecular weight is 264 g/mol. The molecule has 0 spiro atoms. The van der Waals surface area contributed by atoms with E-state index in [1.54, 1.807) is 0 Å². The molecule has 0 aromatic carbocycles. The number of aromatic nitrogens is 3. The molecule has 3 rings (SSSR count). The van der Waals surface area contributed by atoms with E-state index in [0.717, 1.165) is 25.1 Å². The number of hydrogen-bond acceptors (Lipinski definition) is 4. The summed E-state index contributed by atoms with van der Waals surface area (Å²) in [5.41, 5.74) is -0.786. The molecule has 0 atom stereocenters. The zero-order valence-electron chi connectivity index (χ0n) is 10.5. The largest absolute Gasteiger partial charge is 0.481 e. The molecular weight excluding hydrogens is 248 g/mol. The van der Waals surface area contributed by atoms with Gasteiger partial charge in [-0.25, -0.2) is 4.98 Å². The van der Waals surface area contributed by atoms with Gasteiger partial charge in [0.25, 0.3) is 5.91 Å². The summed E-state index contributed by atoms with van der Waals surface area (Å²) in [6.45, 7) is 0.147. The maximum atomic E-state index is 11.9. The SMILES string of the molecule is O=C(NCC1(C(=O)O)CCC1)c1n[nH]c(C2CC2)n1. The predicted molar refractivity (Wildman–Crippen MR) is 64.6 cm³/mol. The van der Waals surface area contributed by atoms with Gasteiger partial charge in [0, 0.05) is 12.5 Å². The molecule has 1 aromatic heterocycles. The highest BCUT2D eigenvalue weighted by atomic mass is 16.4. The molecule has 2 fully saturated rings. The van der Waals surface area contributed by atoms with Crippen LogP contribution in [0.5, 0.6) is 0 Å². The quantitative estimate of drug-likeness (QED) is 0.724. The van der Waals surface area contributed by atoms with E-state index < -0.39 is 17.3 Å². The van der Waals surface area contributed by atoms with E-state index >= 15 is 0 Å². The summed E-state index contributed by atoms with van der Waals surface area (Å²) in [6, 6.07) is 0. The number of aromatic amines is 1. The van der Waals surface area contributed by atoms with Crippen LogP contribution in [-0.2, 0) is 4.79 Å². The van der Waals surface area contributed by atoms with Crippen LogP contribution >= 0.6 is 0 Å². The van der Waals surface area contributed by atoms with Gasteiger partial charge in [0.05, 0.1) is 5.41 Å². The monoisotopic (exact) mass is 264 g/mol. The second-order valence-electron chi connectivity index (χ2n) is 5.44. The Hall–Kier alpha value is -1.92. The highest BCUT2D eigenvalue weighted by molar-refractivity contribution is 5.90. The molecule has 102 valence electrons. The fourth-order valence-electron chi connectivity index (χ4n) is 2.31. The molecule has 2 saturated carbocycles. The number of amides is 1. The standard InChI is InChI=1S/C12H16N4O3/c17-10(9-14-8(15-16-9)7-2-3-7)13-6-12(11(18)19)4-1-5-12/h7H,1-6H2,(H,13,17)(H,18,19)(H,14,15,16). The summed E-state index contributed by atoms with van der Waals surface area (Å²) in [6.07, 6.45) is 4.29. The molecular formula is C12H16N4O3. The molecule has 2 aliphatic carbocycles. The van der Waals surface area contributed by atoms with E-state index in [9.17, 15) is 9.59 Å². The number of carbonyl (C=O) groups excluding carboxylic acids is 1. The molecule has 0 radical (unpaired) electrons. The van der Waals surface area contributed by atoms with Crippen LogP contribution in [0.1, 0.15) is 54.5 Å². The topological polar surface area (TPSA) is 108 Å². The van der Waals surface area contributed by atoms with Crippen molar-refractivity contribution in [3.63, 3.8) is 0 Å². The third-order valence-electron chi connectivity index (χ3n) is 4.02. The molecule has 1 heterocycles. The van der Waals surface area contributed by atoms with Gasteiger partial charge in [-0.2, -0.15) is 0 Å². The van der Waals surface area contributed by atoms with Crippen molar-refractivity contribution in [1.82, 2.24) is 20.5 Å². The molecule has 7 heteroatoms. The van der Waals surface area contributed by atoms with E-state index in [-0.39, 0.29) is 12.4 Å². The van der Waals surface area contributed by atoms with E-state index in [1.165, 1.54) is 0 Å². The lowest BCUT2D eigenvalue weighted by Crippen LogP contribution is -2.47. The van der Waals surface area contributed by atoms with Crippen molar-refractivity contribution < 1.29 is 14.7 Å². The minimum absolute atomic E-state index is 0.0989. The highest BCUT2D eigenvalue weighted by Gasteiger charge is 2.44. The molecule has 0 bridgehead atoms. The molecule has 19 heavy (non-hydrogen) atoms. The summed E-state index contributed by atoms with van der Waals surface area (Å²) in [5, 5.41) is 18.4. The Morgan fingerprint density at radius 2 is 2.16 bits per heavy atom. The van der Waals surface area contributed by atoms with Gasteiger partial charge < -0.3 is 10.4 Å². The maximum absolute atomic E-state index is 11.9. The highest BCUT2D eigenvalue weighted by Crippen LogP contribution is 2.40. The number of carboxylic acids is 1. The number of rotatable bonds is 5. The van der Waals surface area contributed by atoms with Crippen LogP contribution < -0.4 is 5.32 Å². The molecule has 2 aliphatic rings. The second kappa shape index (κ2) is 4.32. The second-order valence-corrected chi connectivity index (χ2v) is 5.44. The third kappa shape index (κ3) is 2.20. The summed E-state index contributed by atoms with van der Waals surface area (Å²) in [7, 11) is 0. The van der Waals surface area contributed by atoms with Crippen LogP contribution in [0.15, 0.2) is 0 Å². The van der Waals surface area contributed by atoms with E-state index in [2.05, 4.69) is 20.5 Å². The van der Waals surface area contributed by atoms with Gasteiger partial charge >= 0.3 is 5.97 Å². The average Bonchev–Trinajstić information content (AvgIpc) is 3.05. The summed E-state index contributed by atoms with van der Waals surface area (Å²) >= 11 is 0. The number of carbonyl (C=O) groups is 2. The van der Waals surface area contributed by atoms with Crippen molar-refractivity contribution in [3.05, 3.63) is 11.6 Å². The van der Waals surface area contributed by atoms with Gasteiger partial charge in [0.15, 0.2) is 0 Å². The molecule has 0 unspecified atom stereocenters. The van der Waals surface area contributed by atoms with Crippen LogP contribution in [-0.4, -0.2) is 38.7 Å². The van der Waals surface area contributed by atoms with Crippen LogP contribution in [0.4, 0.5) is 0 Å². The molecule has 1 amide bonds. The number of H-pyrrole nitrogens is 1. The van der Waals surface area contributed by atoms with Crippen molar-refractivity contribution in [2.75, 3.05) is 6.54 Å². The fourth-order valence-corrected chi connectivity index (χ4v) is 2.31. The normalized spacial score (nSPS) is 20.6. The van der Waals surface area contributed by atoms with Gasteiger partial charge in [-0.1, -0.05) is 6.42 Å². The molecule has 3 N–H and O–H groups in total. The minimum atomic E-state index is -0.840. The Balaban J connectivity index is 1.59.